The summed E-state index contributed by atoms with van der Waals surface area (Å²) >= 11 is 8.70. The Kier molecular flexibility index (Phi) is 3.73. The van der Waals surface area contributed by atoms with Crippen molar-refractivity contribution in [2.75, 3.05) is 5.73 Å². The molecule has 1 aromatic heterocycles. The average Bonchev–Trinajstić information content (AvgIpc) is 2.30. The lowest BCUT2D eigenvalue weighted by molar-refractivity contribution is -0.141. The van der Waals surface area contributed by atoms with Gasteiger partial charge >= 0.3 is 6.18 Å². The predicted octanol–water partition coefficient (Wildman–Crippen LogP) is 4.77. The van der Waals surface area contributed by atoms with Crippen LogP contribution in [0.2, 0.25) is 5.02 Å². The minimum Gasteiger partial charge on any atom is -0.383 e. The first-order chi connectivity index (χ1) is 8.79. The maximum Gasteiger partial charge on any atom is 0.434 e. The summed E-state index contributed by atoms with van der Waals surface area (Å²) in [5, 5.41) is 0.466. The monoisotopic (exact) mass is 350 g/mol. The summed E-state index contributed by atoms with van der Waals surface area (Å²) in [7, 11) is 0. The van der Waals surface area contributed by atoms with Gasteiger partial charge in [-0.1, -0.05) is 23.7 Å². The fourth-order valence-electron chi connectivity index (χ4n) is 1.59. The maximum atomic E-state index is 12.7. The minimum atomic E-state index is -4.56. The van der Waals surface area contributed by atoms with Crippen molar-refractivity contribution in [3.8, 4) is 11.1 Å². The van der Waals surface area contributed by atoms with E-state index in [1.54, 1.807) is 24.3 Å². The number of alkyl halides is 3. The Balaban J connectivity index is 2.59. The highest BCUT2D eigenvalue weighted by Crippen LogP contribution is 2.37. The Hall–Kier alpha value is -1.27. The van der Waals surface area contributed by atoms with Gasteiger partial charge in [-0.3, -0.25) is 0 Å². The van der Waals surface area contributed by atoms with E-state index >= 15 is 0 Å². The molecule has 2 rings (SSSR count). The van der Waals surface area contributed by atoms with Gasteiger partial charge in [0.05, 0.1) is 0 Å². The molecule has 2 nitrogen and oxygen atoms in total. The van der Waals surface area contributed by atoms with Crippen molar-refractivity contribution in [3.05, 3.63) is 45.5 Å². The van der Waals surface area contributed by atoms with Gasteiger partial charge in [-0.05, 0) is 39.7 Å². The van der Waals surface area contributed by atoms with Crippen LogP contribution < -0.4 is 5.73 Å². The van der Waals surface area contributed by atoms with Crippen LogP contribution in [0.5, 0.6) is 0 Å². The zero-order valence-corrected chi connectivity index (χ0v) is 11.6. The van der Waals surface area contributed by atoms with Gasteiger partial charge in [-0.25, -0.2) is 4.98 Å². The van der Waals surface area contributed by atoms with E-state index in [0.29, 0.717) is 16.1 Å². The molecule has 0 saturated carbocycles. The lowest BCUT2D eigenvalue weighted by Crippen LogP contribution is -2.11. The standard InChI is InChI=1S/C12H7BrClF3N2/c13-9-5-8(6-2-1-3-7(14)4-6)11(18)19-10(9)12(15,16)17/h1-5H,(H2,18,19). The van der Waals surface area contributed by atoms with E-state index in [0.717, 1.165) is 0 Å². The molecule has 0 fully saturated rings. The Morgan fingerprint density at radius 2 is 1.89 bits per heavy atom. The van der Waals surface area contributed by atoms with Gasteiger partial charge in [0, 0.05) is 15.1 Å². The molecule has 1 aromatic carbocycles. The summed E-state index contributed by atoms with van der Waals surface area (Å²) in [5.41, 5.74) is 5.54. The maximum absolute atomic E-state index is 12.7. The second-order valence-corrected chi connectivity index (χ2v) is 5.05. The molecule has 19 heavy (non-hydrogen) atoms. The quantitative estimate of drug-likeness (QED) is 0.804. The van der Waals surface area contributed by atoms with E-state index in [-0.39, 0.29) is 10.3 Å². The third-order valence-electron chi connectivity index (χ3n) is 2.41. The number of nitrogens with zero attached hydrogens (tertiary/aromatic N) is 1. The Bertz CT molecular complexity index is 629. The van der Waals surface area contributed by atoms with Crippen LogP contribution in [-0.4, -0.2) is 4.98 Å². The Morgan fingerprint density at radius 3 is 2.47 bits per heavy atom. The predicted molar refractivity (Wildman–Crippen MR) is 71.8 cm³/mol. The molecular weight excluding hydrogens is 344 g/mol. The smallest absolute Gasteiger partial charge is 0.383 e. The Labute approximate surface area is 120 Å². The summed E-state index contributed by atoms with van der Waals surface area (Å²) < 4.78 is 37.8. The number of aromatic nitrogens is 1. The molecule has 100 valence electrons. The molecule has 0 saturated heterocycles. The van der Waals surface area contributed by atoms with Crippen molar-refractivity contribution in [2.24, 2.45) is 0 Å². The van der Waals surface area contributed by atoms with Crippen LogP contribution in [0, 0.1) is 0 Å². The molecule has 2 N–H and O–H groups in total. The second kappa shape index (κ2) is 5.02. The van der Waals surface area contributed by atoms with E-state index in [1.165, 1.54) is 6.07 Å². The summed E-state index contributed by atoms with van der Waals surface area (Å²) in [6, 6.07) is 7.93. The van der Waals surface area contributed by atoms with E-state index in [2.05, 4.69) is 20.9 Å². The van der Waals surface area contributed by atoms with Crippen LogP contribution in [0.1, 0.15) is 5.69 Å². The van der Waals surface area contributed by atoms with Gasteiger partial charge < -0.3 is 5.73 Å². The van der Waals surface area contributed by atoms with Crippen LogP contribution in [0.15, 0.2) is 34.8 Å². The first-order valence-electron chi connectivity index (χ1n) is 5.08. The van der Waals surface area contributed by atoms with Gasteiger partial charge in [0.15, 0.2) is 5.69 Å². The number of nitrogens with two attached hydrogens (primary N) is 1. The first-order valence-corrected chi connectivity index (χ1v) is 6.25. The minimum absolute atomic E-state index is 0.163. The molecule has 0 spiro atoms. The van der Waals surface area contributed by atoms with E-state index < -0.39 is 11.9 Å². The van der Waals surface area contributed by atoms with Crippen LogP contribution in [0.4, 0.5) is 19.0 Å². The molecule has 0 bridgehead atoms. The normalized spacial score (nSPS) is 11.6. The number of rotatable bonds is 1. The molecule has 2 aromatic rings. The molecule has 0 aliphatic carbocycles. The highest BCUT2D eigenvalue weighted by atomic mass is 79.9. The van der Waals surface area contributed by atoms with Crippen LogP contribution >= 0.6 is 27.5 Å². The SMILES string of the molecule is Nc1nc(C(F)(F)F)c(Br)cc1-c1cccc(Cl)c1. The van der Waals surface area contributed by atoms with Crippen LogP contribution in [-0.2, 0) is 6.18 Å². The number of hydrogen-bond acceptors (Lipinski definition) is 2. The number of halogens is 5. The van der Waals surface area contributed by atoms with Gasteiger partial charge in [0.25, 0.3) is 0 Å². The van der Waals surface area contributed by atoms with E-state index in [9.17, 15) is 13.2 Å². The van der Waals surface area contributed by atoms with Gasteiger partial charge in [0.2, 0.25) is 0 Å². The third-order valence-corrected chi connectivity index (χ3v) is 3.25. The lowest BCUT2D eigenvalue weighted by atomic mass is 10.1. The molecule has 0 radical (unpaired) electrons. The highest BCUT2D eigenvalue weighted by Gasteiger charge is 2.35. The molecule has 0 atom stereocenters. The van der Waals surface area contributed by atoms with Gasteiger partial charge in [0.1, 0.15) is 5.82 Å². The first kappa shape index (κ1) is 14.1. The number of pyridine rings is 1. The molecule has 0 aliphatic rings. The van der Waals surface area contributed by atoms with E-state index in [4.69, 9.17) is 17.3 Å². The van der Waals surface area contributed by atoms with Crippen molar-refractivity contribution < 1.29 is 13.2 Å². The summed E-state index contributed by atoms with van der Waals surface area (Å²) in [4.78, 5) is 3.41. The molecule has 7 heteroatoms. The summed E-state index contributed by atoms with van der Waals surface area (Å²) in [6.45, 7) is 0. The van der Waals surface area contributed by atoms with Crippen molar-refractivity contribution in [2.45, 2.75) is 6.18 Å². The second-order valence-electron chi connectivity index (χ2n) is 3.76. The zero-order valence-electron chi connectivity index (χ0n) is 9.30. The Morgan fingerprint density at radius 1 is 1.21 bits per heavy atom. The lowest BCUT2D eigenvalue weighted by Gasteiger charge is -2.12. The molecule has 0 aliphatic heterocycles. The van der Waals surface area contributed by atoms with Crippen molar-refractivity contribution >= 4 is 33.3 Å². The zero-order chi connectivity index (χ0) is 14.2. The topological polar surface area (TPSA) is 38.9 Å². The summed E-state index contributed by atoms with van der Waals surface area (Å²) in [6.07, 6.45) is -4.56. The number of benzene rings is 1. The van der Waals surface area contributed by atoms with Crippen molar-refractivity contribution in [1.82, 2.24) is 4.98 Å². The van der Waals surface area contributed by atoms with Gasteiger partial charge in [-0.2, -0.15) is 13.2 Å². The number of anilines is 1. The van der Waals surface area contributed by atoms with Crippen LogP contribution in [0.3, 0.4) is 0 Å². The molecule has 0 amide bonds. The van der Waals surface area contributed by atoms with Crippen molar-refractivity contribution in [1.29, 1.82) is 0 Å². The molecular formula is C12H7BrClF3N2. The van der Waals surface area contributed by atoms with Crippen LogP contribution in [0.25, 0.3) is 11.1 Å². The largest absolute Gasteiger partial charge is 0.434 e. The van der Waals surface area contributed by atoms with Gasteiger partial charge in [-0.15, -0.1) is 0 Å². The third kappa shape index (κ3) is 3.01. The molecule has 1 heterocycles. The number of hydrogen-bond donors (Lipinski definition) is 1. The number of nitrogen functional groups attached to an aromatic ring is 1. The van der Waals surface area contributed by atoms with Crippen molar-refractivity contribution in [3.63, 3.8) is 0 Å². The molecule has 0 unspecified atom stereocenters. The highest BCUT2D eigenvalue weighted by molar-refractivity contribution is 9.10. The fraction of sp³-hybridized carbons (Fsp3) is 0.0833. The fourth-order valence-corrected chi connectivity index (χ4v) is 2.32. The van der Waals surface area contributed by atoms with E-state index in [1.807, 2.05) is 0 Å². The average molecular weight is 352 g/mol. The summed E-state index contributed by atoms with van der Waals surface area (Å²) in [5.74, 6) is -0.196.